The average molecular weight is 265 g/mol. The van der Waals surface area contributed by atoms with Gasteiger partial charge in [0.1, 0.15) is 0 Å². The Hall–Kier alpha value is -2.37. The molecule has 1 atom stereocenters. The molecule has 1 aromatic rings. The van der Waals surface area contributed by atoms with Crippen molar-refractivity contribution >= 4 is 17.8 Å². The normalized spacial score (nSPS) is 11.4. The van der Waals surface area contributed by atoms with Crippen LogP contribution in [0.1, 0.15) is 24.4 Å². The van der Waals surface area contributed by atoms with Crippen molar-refractivity contribution in [3.05, 3.63) is 35.9 Å². The number of hydrogen-bond acceptors (Lipinski definition) is 4. The molecule has 102 valence electrons. The van der Waals surface area contributed by atoms with E-state index in [9.17, 15) is 14.4 Å². The highest BCUT2D eigenvalue weighted by atomic mass is 16.5. The fourth-order valence-corrected chi connectivity index (χ4v) is 1.48. The highest BCUT2D eigenvalue weighted by Gasteiger charge is 2.21. The molecule has 0 aromatic heterocycles. The van der Waals surface area contributed by atoms with E-state index >= 15 is 0 Å². The van der Waals surface area contributed by atoms with Crippen LogP contribution in [-0.2, 0) is 19.1 Å². The van der Waals surface area contributed by atoms with Crippen LogP contribution in [0.4, 0.5) is 0 Å². The Balaban J connectivity index is 2.62. The van der Waals surface area contributed by atoms with Gasteiger partial charge < -0.3 is 15.2 Å². The van der Waals surface area contributed by atoms with Crippen LogP contribution in [-0.4, -0.2) is 30.1 Å². The van der Waals surface area contributed by atoms with Gasteiger partial charge in [-0.1, -0.05) is 30.3 Å². The van der Waals surface area contributed by atoms with Crippen LogP contribution in [0.3, 0.4) is 0 Å². The summed E-state index contributed by atoms with van der Waals surface area (Å²) in [6.07, 6.45) is -0.188. The van der Waals surface area contributed by atoms with E-state index in [1.54, 1.807) is 30.3 Å². The summed E-state index contributed by atoms with van der Waals surface area (Å²) in [7, 11) is 1.23. The zero-order valence-corrected chi connectivity index (χ0v) is 10.5. The molecule has 19 heavy (non-hydrogen) atoms. The number of amides is 1. The molecule has 0 aliphatic heterocycles. The molecule has 0 unspecified atom stereocenters. The predicted molar refractivity (Wildman–Crippen MR) is 66.2 cm³/mol. The van der Waals surface area contributed by atoms with Crippen LogP contribution in [0.25, 0.3) is 0 Å². The second kappa shape index (κ2) is 7.15. The number of aliphatic carboxylic acids is 1. The lowest BCUT2D eigenvalue weighted by molar-refractivity contribution is -0.143. The SMILES string of the molecule is COC(=O)CCC(=O)N[C@H](C(=O)O)c1ccccc1. The molecule has 0 fully saturated rings. The fraction of sp³-hybridized carbons (Fsp3) is 0.308. The van der Waals surface area contributed by atoms with Gasteiger partial charge in [-0.05, 0) is 5.56 Å². The van der Waals surface area contributed by atoms with Gasteiger partial charge in [0.15, 0.2) is 6.04 Å². The zero-order valence-electron chi connectivity index (χ0n) is 10.5. The van der Waals surface area contributed by atoms with E-state index in [1.165, 1.54) is 7.11 Å². The maximum atomic E-state index is 11.6. The Labute approximate surface area is 110 Å². The Bertz CT molecular complexity index is 457. The van der Waals surface area contributed by atoms with E-state index in [4.69, 9.17) is 5.11 Å². The number of carbonyl (C=O) groups excluding carboxylic acids is 2. The molecular weight excluding hydrogens is 250 g/mol. The van der Waals surface area contributed by atoms with Gasteiger partial charge in [0.05, 0.1) is 13.5 Å². The third-order valence-electron chi connectivity index (χ3n) is 2.47. The number of nitrogens with one attached hydrogen (secondary N) is 1. The third-order valence-corrected chi connectivity index (χ3v) is 2.47. The first-order chi connectivity index (χ1) is 9.04. The maximum Gasteiger partial charge on any atom is 0.330 e. The van der Waals surface area contributed by atoms with Crippen LogP contribution in [0.2, 0.25) is 0 Å². The zero-order chi connectivity index (χ0) is 14.3. The summed E-state index contributed by atoms with van der Waals surface area (Å²) in [5, 5.41) is 11.5. The first-order valence-corrected chi connectivity index (χ1v) is 5.68. The van der Waals surface area contributed by atoms with Crippen LogP contribution >= 0.6 is 0 Å². The number of ether oxygens (including phenoxy) is 1. The van der Waals surface area contributed by atoms with Crippen molar-refractivity contribution in [3.63, 3.8) is 0 Å². The van der Waals surface area contributed by atoms with Gasteiger partial charge in [-0.25, -0.2) is 4.79 Å². The lowest BCUT2D eigenvalue weighted by Gasteiger charge is -2.14. The molecule has 0 saturated carbocycles. The summed E-state index contributed by atoms with van der Waals surface area (Å²) in [4.78, 5) is 33.6. The van der Waals surface area contributed by atoms with E-state index in [0.717, 1.165) is 0 Å². The van der Waals surface area contributed by atoms with Crippen molar-refractivity contribution in [3.8, 4) is 0 Å². The van der Waals surface area contributed by atoms with Crippen LogP contribution in [0.5, 0.6) is 0 Å². The summed E-state index contributed by atoms with van der Waals surface area (Å²) in [6, 6.07) is 7.23. The standard InChI is InChI=1S/C13H15NO5/c1-19-11(16)8-7-10(15)14-12(13(17)18)9-5-3-2-4-6-9/h2-6,12H,7-8H2,1H3,(H,14,15)(H,17,18)/t12-/m0/s1. The monoisotopic (exact) mass is 265 g/mol. The van der Waals surface area contributed by atoms with Gasteiger partial charge >= 0.3 is 11.9 Å². The molecule has 6 nitrogen and oxygen atoms in total. The number of esters is 1. The minimum Gasteiger partial charge on any atom is -0.479 e. The summed E-state index contributed by atoms with van der Waals surface area (Å²) in [5.41, 5.74) is 0.474. The van der Waals surface area contributed by atoms with Gasteiger partial charge in [0.25, 0.3) is 0 Å². The molecule has 0 bridgehead atoms. The van der Waals surface area contributed by atoms with Crippen molar-refractivity contribution in [2.24, 2.45) is 0 Å². The Morgan fingerprint density at radius 1 is 1.21 bits per heavy atom. The molecule has 6 heteroatoms. The van der Waals surface area contributed by atoms with Crippen molar-refractivity contribution in [1.29, 1.82) is 0 Å². The number of hydrogen-bond donors (Lipinski definition) is 2. The van der Waals surface area contributed by atoms with E-state index in [2.05, 4.69) is 10.1 Å². The quantitative estimate of drug-likeness (QED) is 0.745. The highest BCUT2D eigenvalue weighted by molar-refractivity contribution is 5.86. The number of carboxylic acids is 1. The molecule has 0 radical (unpaired) electrons. The second-order valence-electron chi connectivity index (χ2n) is 3.83. The van der Waals surface area contributed by atoms with E-state index in [1.807, 2.05) is 0 Å². The van der Waals surface area contributed by atoms with Crippen molar-refractivity contribution in [2.75, 3.05) is 7.11 Å². The first-order valence-electron chi connectivity index (χ1n) is 5.68. The van der Waals surface area contributed by atoms with Crippen molar-refractivity contribution in [2.45, 2.75) is 18.9 Å². The smallest absolute Gasteiger partial charge is 0.330 e. The molecular formula is C13H15NO5. The number of methoxy groups -OCH3 is 1. The van der Waals surface area contributed by atoms with E-state index in [-0.39, 0.29) is 12.8 Å². The largest absolute Gasteiger partial charge is 0.479 e. The average Bonchev–Trinajstić information content (AvgIpc) is 2.42. The molecule has 0 aliphatic carbocycles. The van der Waals surface area contributed by atoms with Gasteiger partial charge in [-0.15, -0.1) is 0 Å². The highest BCUT2D eigenvalue weighted by Crippen LogP contribution is 2.13. The minimum atomic E-state index is -1.15. The van der Waals surface area contributed by atoms with Crippen molar-refractivity contribution < 1.29 is 24.2 Å². The second-order valence-corrected chi connectivity index (χ2v) is 3.83. The lowest BCUT2D eigenvalue weighted by Crippen LogP contribution is -2.33. The molecule has 2 N–H and O–H groups in total. The number of rotatable bonds is 6. The summed E-state index contributed by atoms with van der Waals surface area (Å²) in [5.74, 6) is -2.18. The Kier molecular flexibility index (Phi) is 5.53. The van der Waals surface area contributed by atoms with Crippen LogP contribution in [0, 0.1) is 0 Å². The predicted octanol–water partition coefficient (Wildman–Crippen LogP) is 0.882. The summed E-state index contributed by atoms with van der Waals surface area (Å²) in [6.45, 7) is 0. The van der Waals surface area contributed by atoms with Crippen LogP contribution in [0.15, 0.2) is 30.3 Å². The van der Waals surface area contributed by atoms with Gasteiger partial charge in [0, 0.05) is 6.42 Å². The summed E-state index contributed by atoms with van der Waals surface area (Å²) < 4.78 is 4.40. The molecule has 0 spiro atoms. The summed E-state index contributed by atoms with van der Waals surface area (Å²) >= 11 is 0. The van der Waals surface area contributed by atoms with Gasteiger partial charge in [-0.3, -0.25) is 9.59 Å². The number of carboxylic acid groups (broad SMARTS) is 1. The van der Waals surface area contributed by atoms with Crippen LogP contribution < -0.4 is 5.32 Å². The molecule has 1 aromatic carbocycles. The minimum absolute atomic E-state index is 0.0799. The third kappa shape index (κ3) is 4.79. The topological polar surface area (TPSA) is 92.7 Å². The number of benzene rings is 1. The Morgan fingerprint density at radius 3 is 2.37 bits per heavy atom. The Morgan fingerprint density at radius 2 is 1.84 bits per heavy atom. The van der Waals surface area contributed by atoms with Gasteiger partial charge in [0.2, 0.25) is 5.91 Å². The fourth-order valence-electron chi connectivity index (χ4n) is 1.48. The van der Waals surface area contributed by atoms with Gasteiger partial charge in [-0.2, -0.15) is 0 Å². The molecule has 1 amide bonds. The maximum absolute atomic E-state index is 11.6. The molecule has 0 saturated heterocycles. The molecule has 0 aliphatic rings. The van der Waals surface area contributed by atoms with E-state index < -0.39 is 23.9 Å². The molecule has 0 heterocycles. The first kappa shape index (κ1) is 14.7. The van der Waals surface area contributed by atoms with E-state index in [0.29, 0.717) is 5.56 Å². The van der Waals surface area contributed by atoms with Crippen molar-refractivity contribution in [1.82, 2.24) is 5.32 Å². The number of carbonyl (C=O) groups is 3. The molecule has 1 rings (SSSR count). The lowest BCUT2D eigenvalue weighted by atomic mass is 10.1.